The van der Waals surface area contributed by atoms with E-state index in [0.717, 1.165) is 6.08 Å². The topological polar surface area (TPSA) is 9.23 Å². The van der Waals surface area contributed by atoms with Gasteiger partial charge < -0.3 is 4.74 Å². The number of hydrogen-bond acceptors (Lipinski definition) is 1. The summed E-state index contributed by atoms with van der Waals surface area (Å²) in [5.41, 5.74) is 0. The molecule has 0 N–H and O–H groups in total. The highest BCUT2D eigenvalue weighted by Crippen LogP contribution is 2.18. The van der Waals surface area contributed by atoms with Gasteiger partial charge in [0.1, 0.15) is 0 Å². The van der Waals surface area contributed by atoms with Crippen LogP contribution in [0.4, 0.5) is 8.78 Å². The lowest BCUT2D eigenvalue weighted by Gasteiger charge is -2.10. The zero-order valence-electron chi connectivity index (χ0n) is 7.94. The largest absolute Gasteiger partial charge is 0.487 e. The predicted molar refractivity (Wildman–Crippen MR) is 49.4 cm³/mol. The van der Waals surface area contributed by atoms with Crippen LogP contribution in [0.2, 0.25) is 0 Å². The maximum Gasteiger partial charge on any atom is 0.190 e. The third kappa shape index (κ3) is 4.45. The Morgan fingerprint density at radius 3 is 2.31 bits per heavy atom. The van der Waals surface area contributed by atoms with Gasteiger partial charge in [-0.05, 0) is 12.0 Å². The molecule has 0 saturated heterocycles. The van der Waals surface area contributed by atoms with E-state index in [0.29, 0.717) is 0 Å². The van der Waals surface area contributed by atoms with Gasteiger partial charge in [0.15, 0.2) is 17.4 Å². The molecule has 0 atom stereocenters. The number of hydrogen-bond donors (Lipinski definition) is 0. The standard InChI is InChI=1S/C10H14F2O/c1-5-9(12)10(8(4)11)13-6-7(2)3/h5,7H,1,4,6H2,2-3H3/b10-9-. The second-order valence-electron chi connectivity index (χ2n) is 2.99. The minimum absolute atomic E-state index is 0.201. The lowest BCUT2D eigenvalue weighted by atomic mass is 10.2. The molecule has 0 aliphatic heterocycles. The van der Waals surface area contributed by atoms with Crippen LogP contribution in [-0.4, -0.2) is 6.61 Å². The fourth-order valence-electron chi connectivity index (χ4n) is 0.620. The molecular formula is C10H14F2O. The van der Waals surface area contributed by atoms with Crippen molar-refractivity contribution in [3.05, 3.63) is 36.6 Å². The fraction of sp³-hybridized carbons (Fsp3) is 0.400. The predicted octanol–water partition coefficient (Wildman–Crippen LogP) is 3.51. The van der Waals surface area contributed by atoms with Crippen LogP contribution in [0.1, 0.15) is 13.8 Å². The van der Waals surface area contributed by atoms with E-state index < -0.39 is 17.4 Å². The molecule has 0 spiro atoms. The molecule has 0 aromatic carbocycles. The van der Waals surface area contributed by atoms with Gasteiger partial charge >= 0.3 is 0 Å². The number of halogens is 2. The van der Waals surface area contributed by atoms with Gasteiger partial charge in [-0.15, -0.1) is 0 Å². The maximum absolute atomic E-state index is 12.8. The Kier molecular flexibility index (Phi) is 5.04. The zero-order valence-corrected chi connectivity index (χ0v) is 7.94. The summed E-state index contributed by atoms with van der Waals surface area (Å²) < 4.78 is 30.3. The van der Waals surface area contributed by atoms with Crippen molar-refractivity contribution in [1.29, 1.82) is 0 Å². The molecule has 3 heteroatoms. The van der Waals surface area contributed by atoms with E-state index in [4.69, 9.17) is 4.74 Å². The van der Waals surface area contributed by atoms with Crippen LogP contribution in [0.3, 0.4) is 0 Å². The smallest absolute Gasteiger partial charge is 0.190 e. The Balaban J connectivity index is 4.45. The first-order valence-corrected chi connectivity index (χ1v) is 3.98. The lowest BCUT2D eigenvalue weighted by Crippen LogP contribution is -2.03. The quantitative estimate of drug-likeness (QED) is 0.474. The average Bonchev–Trinajstić information content (AvgIpc) is 2.03. The Morgan fingerprint density at radius 2 is 2.00 bits per heavy atom. The van der Waals surface area contributed by atoms with Crippen molar-refractivity contribution in [3.63, 3.8) is 0 Å². The van der Waals surface area contributed by atoms with Crippen molar-refractivity contribution in [2.45, 2.75) is 13.8 Å². The monoisotopic (exact) mass is 188 g/mol. The van der Waals surface area contributed by atoms with Crippen LogP contribution < -0.4 is 0 Å². The van der Waals surface area contributed by atoms with Crippen molar-refractivity contribution in [2.75, 3.05) is 6.61 Å². The molecule has 13 heavy (non-hydrogen) atoms. The van der Waals surface area contributed by atoms with Crippen molar-refractivity contribution >= 4 is 0 Å². The van der Waals surface area contributed by atoms with Gasteiger partial charge in [-0.25, -0.2) is 8.78 Å². The summed E-state index contributed by atoms with van der Waals surface area (Å²) in [7, 11) is 0. The molecule has 0 aromatic heterocycles. The zero-order chi connectivity index (χ0) is 10.4. The SMILES string of the molecule is C=C/C(F)=C(/OCC(C)C)C(=C)F. The van der Waals surface area contributed by atoms with E-state index in [9.17, 15) is 8.78 Å². The summed E-state index contributed by atoms with van der Waals surface area (Å²) in [5, 5.41) is 0. The molecule has 0 unspecified atom stereocenters. The van der Waals surface area contributed by atoms with Gasteiger partial charge in [-0.1, -0.05) is 27.0 Å². The first-order valence-electron chi connectivity index (χ1n) is 3.98. The molecule has 0 heterocycles. The highest BCUT2D eigenvalue weighted by Gasteiger charge is 2.10. The van der Waals surface area contributed by atoms with Gasteiger partial charge in [0.25, 0.3) is 0 Å². The second kappa shape index (κ2) is 5.51. The van der Waals surface area contributed by atoms with Gasteiger partial charge in [0, 0.05) is 0 Å². The first-order chi connectivity index (χ1) is 5.99. The van der Waals surface area contributed by atoms with E-state index >= 15 is 0 Å². The van der Waals surface area contributed by atoms with Gasteiger partial charge in [0.2, 0.25) is 0 Å². The van der Waals surface area contributed by atoms with Gasteiger partial charge in [-0.2, -0.15) is 0 Å². The molecule has 0 aliphatic rings. The average molecular weight is 188 g/mol. The van der Waals surface area contributed by atoms with Crippen molar-refractivity contribution < 1.29 is 13.5 Å². The minimum Gasteiger partial charge on any atom is -0.487 e. The normalized spacial score (nSPS) is 12.4. The van der Waals surface area contributed by atoms with Gasteiger partial charge in [0.05, 0.1) is 6.61 Å². The highest BCUT2D eigenvalue weighted by molar-refractivity contribution is 5.25. The Bertz CT molecular complexity index is 229. The summed E-state index contributed by atoms with van der Waals surface area (Å²) in [6, 6.07) is 0. The molecule has 0 radical (unpaired) electrons. The molecule has 0 saturated carbocycles. The molecule has 74 valence electrons. The van der Waals surface area contributed by atoms with Crippen LogP contribution in [0.25, 0.3) is 0 Å². The molecular weight excluding hydrogens is 174 g/mol. The summed E-state index contributed by atoms with van der Waals surface area (Å²) >= 11 is 0. The molecule has 1 nitrogen and oxygen atoms in total. The Labute approximate surface area is 77.4 Å². The minimum atomic E-state index is -0.918. The first kappa shape index (κ1) is 11.9. The maximum atomic E-state index is 12.8. The van der Waals surface area contributed by atoms with E-state index in [-0.39, 0.29) is 12.5 Å². The van der Waals surface area contributed by atoms with Crippen LogP contribution in [0, 0.1) is 5.92 Å². The van der Waals surface area contributed by atoms with E-state index in [1.807, 2.05) is 13.8 Å². The molecule has 0 fully saturated rings. The molecule has 0 amide bonds. The summed E-state index contributed by atoms with van der Waals surface area (Å²) in [6.07, 6.45) is 0.889. The Morgan fingerprint density at radius 1 is 1.46 bits per heavy atom. The highest BCUT2D eigenvalue weighted by atomic mass is 19.1. The summed E-state index contributed by atoms with van der Waals surface area (Å²) in [6.45, 7) is 10.1. The third-order valence-electron chi connectivity index (χ3n) is 1.20. The van der Waals surface area contributed by atoms with Crippen LogP contribution >= 0.6 is 0 Å². The van der Waals surface area contributed by atoms with Crippen molar-refractivity contribution in [1.82, 2.24) is 0 Å². The molecule has 0 aromatic rings. The molecule has 0 bridgehead atoms. The van der Waals surface area contributed by atoms with Crippen molar-refractivity contribution in [3.8, 4) is 0 Å². The summed E-state index contributed by atoms with van der Waals surface area (Å²) in [4.78, 5) is 0. The summed E-state index contributed by atoms with van der Waals surface area (Å²) in [5.74, 6) is -2.00. The number of allylic oxidation sites excluding steroid dienone is 3. The van der Waals surface area contributed by atoms with E-state index in [2.05, 4.69) is 13.2 Å². The fourth-order valence-corrected chi connectivity index (χ4v) is 0.620. The van der Waals surface area contributed by atoms with Gasteiger partial charge in [-0.3, -0.25) is 0 Å². The molecule has 0 aliphatic carbocycles. The van der Waals surface area contributed by atoms with E-state index in [1.54, 1.807) is 0 Å². The number of ether oxygens (including phenoxy) is 1. The van der Waals surface area contributed by atoms with Crippen LogP contribution in [0.5, 0.6) is 0 Å². The third-order valence-corrected chi connectivity index (χ3v) is 1.20. The second-order valence-corrected chi connectivity index (χ2v) is 2.99. The Hall–Kier alpha value is -1.12. The van der Waals surface area contributed by atoms with Crippen LogP contribution in [-0.2, 0) is 4.74 Å². The van der Waals surface area contributed by atoms with Crippen molar-refractivity contribution in [2.24, 2.45) is 5.92 Å². The lowest BCUT2D eigenvalue weighted by molar-refractivity contribution is 0.170. The van der Waals surface area contributed by atoms with Crippen LogP contribution in [0.15, 0.2) is 36.6 Å². The number of rotatable bonds is 5. The molecule has 0 rings (SSSR count). The van der Waals surface area contributed by atoms with E-state index in [1.165, 1.54) is 0 Å².